The Morgan fingerprint density at radius 1 is 0.929 bits per heavy atom. The highest BCUT2D eigenvalue weighted by atomic mass is 16.2. The van der Waals surface area contributed by atoms with Crippen molar-refractivity contribution >= 4 is 23.2 Å². The molecule has 0 bridgehead atoms. The number of benzene rings is 2. The van der Waals surface area contributed by atoms with Gasteiger partial charge < -0.3 is 10.6 Å². The second-order valence-corrected chi connectivity index (χ2v) is 6.31. The van der Waals surface area contributed by atoms with E-state index in [2.05, 4.69) is 15.6 Å². The molecule has 0 fully saturated rings. The van der Waals surface area contributed by atoms with Gasteiger partial charge in [0, 0.05) is 17.4 Å². The van der Waals surface area contributed by atoms with Gasteiger partial charge in [-0.1, -0.05) is 29.8 Å². The number of anilines is 2. The van der Waals surface area contributed by atoms with Crippen LogP contribution in [0.15, 0.2) is 60.8 Å². The Morgan fingerprint density at radius 3 is 2.43 bits per heavy atom. The number of aromatic nitrogens is 1. The number of nitriles is 1. The maximum Gasteiger partial charge on any atom is 0.274 e. The zero-order valence-electron chi connectivity index (χ0n) is 15.5. The van der Waals surface area contributed by atoms with E-state index in [0.29, 0.717) is 22.5 Å². The molecule has 138 valence electrons. The highest BCUT2D eigenvalue weighted by molar-refractivity contribution is 6.08. The van der Waals surface area contributed by atoms with Crippen molar-refractivity contribution in [2.24, 2.45) is 0 Å². The normalized spacial score (nSPS) is 10.0. The molecule has 0 unspecified atom stereocenters. The Kier molecular flexibility index (Phi) is 5.47. The van der Waals surface area contributed by atoms with Gasteiger partial charge in [0.25, 0.3) is 11.8 Å². The number of carbonyl (C=O) groups is 2. The first-order valence-electron chi connectivity index (χ1n) is 8.63. The first kappa shape index (κ1) is 18.8. The van der Waals surface area contributed by atoms with Gasteiger partial charge in [-0.05, 0) is 49.7 Å². The molecule has 2 amide bonds. The molecule has 0 aliphatic heterocycles. The van der Waals surface area contributed by atoms with Crippen molar-refractivity contribution in [2.75, 3.05) is 10.6 Å². The first-order chi connectivity index (χ1) is 13.5. The van der Waals surface area contributed by atoms with Gasteiger partial charge in [0.1, 0.15) is 11.8 Å². The molecule has 0 atom stereocenters. The number of rotatable bonds is 4. The third-order valence-electron chi connectivity index (χ3n) is 4.18. The van der Waals surface area contributed by atoms with E-state index in [1.807, 2.05) is 38.1 Å². The standard InChI is InChI=1S/C22H18N4O2/c1-14-7-8-18(15(2)11-14)25-21(27)16-9-10-24-20(12-16)22(28)26-19-6-4-3-5-17(19)13-23/h3-12H,1-2H3,(H,25,27)(H,26,28). The third kappa shape index (κ3) is 4.22. The summed E-state index contributed by atoms with van der Waals surface area (Å²) in [6, 6.07) is 17.4. The average Bonchev–Trinajstić information content (AvgIpc) is 2.70. The van der Waals surface area contributed by atoms with Crippen LogP contribution in [-0.2, 0) is 0 Å². The number of aryl methyl sites for hydroxylation is 2. The minimum atomic E-state index is -0.496. The molecule has 2 N–H and O–H groups in total. The highest BCUT2D eigenvalue weighted by Gasteiger charge is 2.14. The van der Waals surface area contributed by atoms with E-state index in [0.717, 1.165) is 11.1 Å². The third-order valence-corrected chi connectivity index (χ3v) is 4.18. The Balaban J connectivity index is 1.78. The summed E-state index contributed by atoms with van der Waals surface area (Å²) in [7, 11) is 0. The van der Waals surface area contributed by atoms with Crippen molar-refractivity contribution < 1.29 is 9.59 Å². The number of carbonyl (C=O) groups excluding carboxylic acids is 2. The fraction of sp³-hybridized carbons (Fsp3) is 0.0909. The average molecular weight is 370 g/mol. The lowest BCUT2D eigenvalue weighted by Crippen LogP contribution is -2.17. The summed E-state index contributed by atoms with van der Waals surface area (Å²) in [6.45, 7) is 3.90. The van der Waals surface area contributed by atoms with Crippen LogP contribution >= 0.6 is 0 Å². The quantitative estimate of drug-likeness (QED) is 0.723. The number of hydrogen-bond donors (Lipinski definition) is 2. The van der Waals surface area contributed by atoms with Gasteiger partial charge in [-0.15, -0.1) is 0 Å². The van der Waals surface area contributed by atoms with Crippen LogP contribution < -0.4 is 10.6 Å². The molecule has 28 heavy (non-hydrogen) atoms. The number of nitrogens with one attached hydrogen (secondary N) is 2. The molecule has 3 aromatic rings. The molecule has 0 saturated heterocycles. The predicted octanol–water partition coefficient (Wildman–Crippen LogP) is 4.07. The fourth-order valence-corrected chi connectivity index (χ4v) is 2.72. The number of pyridine rings is 1. The zero-order valence-corrected chi connectivity index (χ0v) is 15.5. The number of nitrogens with zero attached hydrogens (tertiary/aromatic N) is 2. The SMILES string of the molecule is Cc1ccc(NC(=O)c2ccnc(C(=O)Nc3ccccc3C#N)c2)c(C)c1. The summed E-state index contributed by atoms with van der Waals surface area (Å²) < 4.78 is 0. The van der Waals surface area contributed by atoms with Gasteiger partial charge in [0.2, 0.25) is 0 Å². The largest absolute Gasteiger partial charge is 0.322 e. The summed E-state index contributed by atoms with van der Waals surface area (Å²) in [4.78, 5) is 29.1. The lowest BCUT2D eigenvalue weighted by Gasteiger charge is -2.10. The monoisotopic (exact) mass is 370 g/mol. The van der Waals surface area contributed by atoms with Crippen LogP contribution in [0.4, 0.5) is 11.4 Å². The molecular formula is C22H18N4O2. The van der Waals surface area contributed by atoms with Crippen molar-refractivity contribution in [3.63, 3.8) is 0 Å². The number of amides is 2. The summed E-state index contributed by atoms with van der Waals surface area (Å²) in [5, 5.41) is 14.6. The van der Waals surface area contributed by atoms with Crippen LogP contribution in [0.2, 0.25) is 0 Å². The Morgan fingerprint density at radius 2 is 1.68 bits per heavy atom. The second kappa shape index (κ2) is 8.14. The van der Waals surface area contributed by atoms with Crippen LogP contribution in [0, 0.1) is 25.2 Å². The highest BCUT2D eigenvalue weighted by Crippen LogP contribution is 2.18. The summed E-state index contributed by atoms with van der Waals surface area (Å²) in [5.74, 6) is -0.829. The van der Waals surface area contributed by atoms with E-state index >= 15 is 0 Å². The van der Waals surface area contributed by atoms with Gasteiger partial charge in [0.05, 0.1) is 11.3 Å². The van der Waals surface area contributed by atoms with E-state index in [1.54, 1.807) is 30.3 Å². The molecule has 0 aliphatic carbocycles. The van der Waals surface area contributed by atoms with Gasteiger partial charge in [0.15, 0.2) is 0 Å². The van der Waals surface area contributed by atoms with Gasteiger partial charge in [-0.25, -0.2) is 0 Å². The Labute approximate surface area is 162 Å². The number of para-hydroxylation sites is 1. The van der Waals surface area contributed by atoms with Crippen molar-refractivity contribution in [3.8, 4) is 6.07 Å². The fourth-order valence-electron chi connectivity index (χ4n) is 2.72. The molecule has 6 nitrogen and oxygen atoms in total. The lowest BCUT2D eigenvalue weighted by atomic mass is 10.1. The van der Waals surface area contributed by atoms with Crippen LogP contribution in [-0.4, -0.2) is 16.8 Å². The van der Waals surface area contributed by atoms with Crippen molar-refractivity contribution in [1.82, 2.24) is 4.98 Å². The van der Waals surface area contributed by atoms with Crippen LogP contribution in [0.3, 0.4) is 0 Å². The van der Waals surface area contributed by atoms with Crippen LogP contribution in [0.5, 0.6) is 0 Å². The van der Waals surface area contributed by atoms with Gasteiger partial charge >= 0.3 is 0 Å². The van der Waals surface area contributed by atoms with E-state index in [9.17, 15) is 9.59 Å². The van der Waals surface area contributed by atoms with E-state index in [1.165, 1.54) is 12.3 Å². The second-order valence-electron chi connectivity index (χ2n) is 6.31. The van der Waals surface area contributed by atoms with Crippen molar-refractivity contribution in [2.45, 2.75) is 13.8 Å². The molecule has 0 radical (unpaired) electrons. The first-order valence-corrected chi connectivity index (χ1v) is 8.63. The summed E-state index contributed by atoms with van der Waals surface area (Å²) in [5.41, 5.74) is 3.90. The lowest BCUT2D eigenvalue weighted by molar-refractivity contribution is 0.102. The molecule has 2 aromatic carbocycles. The van der Waals surface area contributed by atoms with Crippen LogP contribution in [0.1, 0.15) is 37.5 Å². The van der Waals surface area contributed by atoms with E-state index in [-0.39, 0.29) is 11.6 Å². The maximum atomic E-state index is 12.6. The van der Waals surface area contributed by atoms with E-state index in [4.69, 9.17) is 5.26 Å². The molecule has 3 rings (SSSR count). The van der Waals surface area contributed by atoms with Crippen LogP contribution in [0.25, 0.3) is 0 Å². The summed E-state index contributed by atoms with van der Waals surface area (Å²) >= 11 is 0. The minimum Gasteiger partial charge on any atom is -0.322 e. The molecule has 1 heterocycles. The topological polar surface area (TPSA) is 94.9 Å². The van der Waals surface area contributed by atoms with Crippen molar-refractivity contribution in [3.05, 3.63) is 88.7 Å². The Bertz CT molecular complexity index is 1100. The predicted molar refractivity (Wildman–Crippen MR) is 107 cm³/mol. The molecule has 0 spiro atoms. The Hall–Kier alpha value is -3.98. The molecule has 0 aliphatic rings. The van der Waals surface area contributed by atoms with Gasteiger partial charge in [-0.2, -0.15) is 5.26 Å². The van der Waals surface area contributed by atoms with E-state index < -0.39 is 5.91 Å². The molecular weight excluding hydrogens is 352 g/mol. The summed E-state index contributed by atoms with van der Waals surface area (Å²) in [6.07, 6.45) is 1.40. The number of hydrogen-bond acceptors (Lipinski definition) is 4. The maximum absolute atomic E-state index is 12.6. The minimum absolute atomic E-state index is 0.0843. The smallest absolute Gasteiger partial charge is 0.274 e. The zero-order chi connectivity index (χ0) is 20.1. The van der Waals surface area contributed by atoms with Gasteiger partial charge in [-0.3, -0.25) is 14.6 Å². The molecule has 6 heteroatoms. The molecule has 1 aromatic heterocycles. The van der Waals surface area contributed by atoms with Crippen molar-refractivity contribution in [1.29, 1.82) is 5.26 Å². The molecule has 0 saturated carbocycles.